The molecule has 5 nitrogen and oxygen atoms in total. The molecule has 2 unspecified atom stereocenters. The molecule has 2 atom stereocenters. The molecule has 1 aliphatic carbocycles. The summed E-state index contributed by atoms with van der Waals surface area (Å²) in [7, 11) is 0. The van der Waals surface area contributed by atoms with Gasteiger partial charge in [-0.15, -0.1) is 10.2 Å². The number of ether oxygens (including phenoxy) is 1. The van der Waals surface area contributed by atoms with Gasteiger partial charge < -0.3 is 15.0 Å². The molecule has 5 heteroatoms. The average Bonchev–Trinajstić information content (AvgIpc) is 2.88. The zero-order chi connectivity index (χ0) is 11.1. The molecule has 0 radical (unpaired) electrons. The van der Waals surface area contributed by atoms with Gasteiger partial charge in [0.1, 0.15) is 11.9 Å². The number of nitrogens with zero attached hydrogens (tertiary/aromatic N) is 3. The molecular formula is C11H18N4O. The van der Waals surface area contributed by atoms with Crippen molar-refractivity contribution in [2.45, 2.75) is 57.4 Å². The zero-order valence-electron chi connectivity index (χ0n) is 9.59. The normalized spacial score (nSPS) is 29.9. The Hall–Kier alpha value is -0.940. The van der Waals surface area contributed by atoms with Crippen molar-refractivity contribution in [3.05, 3.63) is 11.6 Å². The Labute approximate surface area is 95.0 Å². The van der Waals surface area contributed by atoms with Gasteiger partial charge in [-0.25, -0.2) is 0 Å². The van der Waals surface area contributed by atoms with Gasteiger partial charge in [-0.1, -0.05) is 0 Å². The molecule has 1 aliphatic heterocycles. The van der Waals surface area contributed by atoms with Gasteiger partial charge in [0, 0.05) is 6.04 Å². The van der Waals surface area contributed by atoms with E-state index in [1.165, 1.54) is 12.8 Å². The van der Waals surface area contributed by atoms with Crippen LogP contribution < -0.4 is 5.73 Å². The minimum atomic E-state index is 0.128. The Bertz CT molecular complexity index is 385. The molecule has 16 heavy (non-hydrogen) atoms. The summed E-state index contributed by atoms with van der Waals surface area (Å²) in [5.74, 6) is 1.90. The maximum absolute atomic E-state index is 5.86. The van der Waals surface area contributed by atoms with Gasteiger partial charge in [0.15, 0.2) is 5.82 Å². The summed E-state index contributed by atoms with van der Waals surface area (Å²) < 4.78 is 8.07. The lowest BCUT2D eigenvalue weighted by molar-refractivity contribution is 0.0478. The van der Waals surface area contributed by atoms with E-state index in [1.54, 1.807) is 0 Å². The lowest BCUT2D eigenvalue weighted by atomic mass is 10.2. The SMILES string of the molecule is CC1CCC(c2nnc(CN)n2C2CC2)O1. The fourth-order valence-electron chi connectivity index (χ4n) is 2.42. The number of hydrogen-bond acceptors (Lipinski definition) is 4. The maximum Gasteiger partial charge on any atom is 0.162 e. The van der Waals surface area contributed by atoms with Gasteiger partial charge in [0.25, 0.3) is 0 Å². The molecular weight excluding hydrogens is 204 g/mol. The number of aromatic nitrogens is 3. The van der Waals surface area contributed by atoms with E-state index in [4.69, 9.17) is 10.5 Å². The summed E-state index contributed by atoms with van der Waals surface area (Å²) in [6.07, 6.45) is 5.08. The van der Waals surface area contributed by atoms with Crippen LogP contribution in [0.3, 0.4) is 0 Å². The Morgan fingerprint density at radius 2 is 2.12 bits per heavy atom. The van der Waals surface area contributed by atoms with E-state index in [2.05, 4.69) is 21.7 Å². The molecule has 0 amide bonds. The predicted octanol–water partition coefficient (Wildman–Crippen LogP) is 1.31. The van der Waals surface area contributed by atoms with Crippen molar-refractivity contribution in [2.75, 3.05) is 0 Å². The fraction of sp³-hybridized carbons (Fsp3) is 0.818. The lowest BCUT2D eigenvalue weighted by Gasteiger charge is -2.13. The Morgan fingerprint density at radius 1 is 1.31 bits per heavy atom. The second kappa shape index (κ2) is 3.82. The first-order valence-electron chi connectivity index (χ1n) is 6.08. The first kappa shape index (κ1) is 10.2. The van der Waals surface area contributed by atoms with Crippen LogP contribution in [0, 0.1) is 0 Å². The summed E-state index contributed by atoms with van der Waals surface area (Å²) in [4.78, 5) is 0. The second-order valence-corrected chi connectivity index (χ2v) is 4.79. The quantitative estimate of drug-likeness (QED) is 0.837. The van der Waals surface area contributed by atoms with E-state index in [1.807, 2.05) is 0 Å². The van der Waals surface area contributed by atoms with Crippen LogP contribution in [0.1, 0.15) is 56.4 Å². The van der Waals surface area contributed by atoms with Crippen LogP contribution in [0.25, 0.3) is 0 Å². The number of rotatable bonds is 3. The Morgan fingerprint density at radius 3 is 2.69 bits per heavy atom. The largest absolute Gasteiger partial charge is 0.367 e. The molecule has 2 aliphatic rings. The van der Waals surface area contributed by atoms with Crippen molar-refractivity contribution in [3.63, 3.8) is 0 Å². The minimum Gasteiger partial charge on any atom is -0.367 e. The molecule has 1 aromatic rings. The summed E-state index contributed by atoms with van der Waals surface area (Å²) in [6.45, 7) is 2.58. The first-order valence-corrected chi connectivity index (χ1v) is 6.08. The maximum atomic E-state index is 5.86. The summed E-state index contributed by atoms with van der Waals surface area (Å²) in [6, 6.07) is 0.572. The highest BCUT2D eigenvalue weighted by molar-refractivity contribution is 5.06. The van der Waals surface area contributed by atoms with E-state index in [0.717, 1.165) is 24.5 Å². The van der Waals surface area contributed by atoms with Crippen molar-refractivity contribution in [2.24, 2.45) is 5.73 Å². The van der Waals surface area contributed by atoms with E-state index < -0.39 is 0 Å². The average molecular weight is 222 g/mol. The highest BCUT2D eigenvalue weighted by Gasteiger charge is 2.34. The summed E-state index contributed by atoms with van der Waals surface area (Å²) in [5, 5.41) is 8.45. The number of hydrogen-bond donors (Lipinski definition) is 1. The summed E-state index contributed by atoms with van der Waals surface area (Å²) in [5.41, 5.74) is 5.69. The molecule has 2 N–H and O–H groups in total. The van der Waals surface area contributed by atoms with E-state index in [0.29, 0.717) is 18.7 Å². The van der Waals surface area contributed by atoms with Crippen LogP contribution in [-0.2, 0) is 11.3 Å². The Kier molecular flexibility index (Phi) is 2.44. The van der Waals surface area contributed by atoms with Crippen molar-refractivity contribution >= 4 is 0 Å². The van der Waals surface area contributed by atoms with E-state index in [-0.39, 0.29) is 6.10 Å². The van der Waals surface area contributed by atoms with Gasteiger partial charge in [0.05, 0.1) is 12.6 Å². The van der Waals surface area contributed by atoms with Gasteiger partial charge in [-0.3, -0.25) is 0 Å². The zero-order valence-corrected chi connectivity index (χ0v) is 9.59. The van der Waals surface area contributed by atoms with Crippen LogP contribution >= 0.6 is 0 Å². The van der Waals surface area contributed by atoms with Crippen molar-refractivity contribution in [1.29, 1.82) is 0 Å². The molecule has 0 spiro atoms. The highest BCUT2D eigenvalue weighted by atomic mass is 16.5. The molecule has 88 valence electrons. The van der Waals surface area contributed by atoms with Crippen molar-refractivity contribution in [1.82, 2.24) is 14.8 Å². The van der Waals surface area contributed by atoms with Crippen LogP contribution in [0.15, 0.2) is 0 Å². The molecule has 1 saturated carbocycles. The van der Waals surface area contributed by atoms with Crippen LogP contribution in [0.4, 0.5) is 0 Å². The van der Waals surface area contributed by atoms with Gasteiger partial charge in [-0.2, -0.15) is 0 Å². The van der Waals surface area contributed by atoms with Crippen molar-refractivity contribution in [3.8, 4) is 0 Å². The van der Waals surface area contributed by atoms with Crippen molar-refractivity contribution < 1.29 is 4.74 Å². The first-order chi connectivity index (χ1) is 7.79. The topological polar surface area (TPSA) is 66.0 Å². The van der Waals surface area contributed by atoms with Crippen LogP contribution in [0.2, 0.25) is 0 Å². The highest BCUT2D eigenvalue weighted by Crippen LogP contribution is 2.40. The molecule has 1 saturated heterocycles. The second-order valence-electron chi connectivity index (χ2n) is 4.79. The van der Waals surface area contributed by atoms with Crippen LogP contribution in [0.5, 0.6) is 0 Å². The predicted molar refractivity (Wildman–Crippen MR) is 58.7 cm³/mol. The third kappa shape index (κ3) is 1.64. The summed E-state index contributed by atoms with van der Waals surface area (Å²) >= 11 is 0. The molecule has 1 aromatic heterocycles. The smallest absolute Gasteiger partial charge is 0.162 e. The fourth-order valence-corrected chi connectivity index (χ4v) is 2.42. The Balaban J connectivity index is 1.91. The molecule has 0 bridgehead atoms. The van der Waals surface area contributed by atoms with E-state index >= 15 is 0 Å². The van der Waals surface area contributed by atoms with E-state index in [9.17, 15) is 0 Å². The van der Waals surface area contributed by atoms with Gasteiger partial charge in [-0.05, 0) is 32.6 Å². The monoisotopic (exact) mass is 222 g/mol. The van der Waals surface area contributed by atoms with Gasteiger partial charge >= 0.3 is 0 Å². The minimum absolute atomic E-state index is 0.128. The molecule has 2 heterocycles. The molecule has 3 rings (SSSR count). The third-order valence-corrected chi connectivity index (χ3v) is 3.41. The van der Waals surface area contributed by atoms with Crippen LogP contribution in [-0.4, -0.2) is 20.9 Å². The standard InChI is InChI=1S/C11H18N4O/c1-7-2-5-9(16-7)11-14-13-10(6-12)15(11)8-3-4-8/h7-9H,2-6,12H2,1H3. The van der Waals surface area contributed by atoms with Gasteiger partial charge in [0.2, 0.25) is 0 Å². The third-order valence-electron chi connectivity index (χ3n) is 3.41. The molecule has 0 aromatic carbocycles. The molecule has 2 fully saturated rings. The lowest BCUT2D eigenvalue weighted by Crippen LogP contribution is -2.13. The number of nitrogens with two attached hydrogens (primary N) is 1.